The molecule has 0 aliphatic carbocycles. The molecule has 0 aliphatic heterocycles. The van der Waals surface area contributed by atoms with Crippen LogP contribution < -0.4 is 5.32 Å². The van der Waals surface area contributed by atoms with Gasteiger partial charge in [-0.25, -0.2) is 0 Å². The number of carbonyl (C=O) groups is 1. The smallest absolute Gasteiger partial charge is 0.252 e. The second kappa shape index (κ2) is 9.93. The van der Waals surface area contributed by atoms with E-state index in [0.717, 1.165) is 16.7 Å². The van der Waals surface area contributed by atoms with E-state index in [0.29, 0.717) is 12.0 Å². The average molecular weight is 418 g/mol. The summed E-state index contributed by atoms with van der Waals surface area (Å²) in [6, 6.07) is 38.2. The highest BCUT2D eigenvalue weighted by Gasteiger charge is 2.35. The van der Waals surface area contributed by atoms with Gasteiger partial charge in [-0.2, -0.15) is 0 Å². The molecule has 0 saturated carbocycles. The maximum atomic E-state index is 13.3. The van der Waals surface area contributed by atoms with E-state index < -0.39 is 5.54 Å². The van der Waals surface area contributed by atoms with Crippen molar-refractivity contribution in [3.8, 4) is 0 Å². The first-order chi connectivity index (χ1) is 15.7. The number of rotatable bonds is 7. The van der Waals surface area contributed by atoms with Crippen molar-refractivity contribution in [1.29, 1.82) is 0 Å². The maximum absolute atomic E-state index is 13.3. The summed E-state index contributed by atoms with van der Waals surface area (Å²) in [4.78, 5) is 13.3. The van der Waals surface area contributed by atoms with Gasteiger partial charge in [-0.15, -0.1) is 0 Å². The first kappa shape index (κ1) is 21.3. The molecule has 0 unspecified atom stereocenters. The molecule has 1 amide bonds. The predicted molar refractivity (Wildman–Crippen MR) is 132 cm³/mol. The Morgan fingerprint density at radius 2 is 1.22 bits per heavy atom. The average Bonchev–Trinajstić information content (AvgIpc) is 2.86. The van der Waals surface area contributed by atoms with E-state index in [1.165, 1.54) is 5.56 Å². The molecule has 0 atom stereocenters. The van der Waals surface area contributed by atoms with Crippen LogP contribution in [0.15, 0.2) is 121 Å². The SMILES string of the molecule is Cc1ccc(/C=C/CC(NC(=O)c2ccccc2)(c2ccccc2)c2ccccc2)cc1. The molecule has 4 rings (SSSR count). The minimum absolute atomic E-state index is 0.0953. The first-order valence-electron chi connectivity index (χ1n) is 10.9. The Balaban J connectivity index is 1.77. The second-order valence-corrected chi connectivity index (χ2v) is 7.97. The fraction of sp³-hybridized carbons (Fsp3) is 0.100. The predicted octanol–water partition coefficient (Wildman–Crippen LogP) is 6.77. The molecule has 0 spiro atoms. The summed E-state index contributed by atoms with van der Waals surface area (Å²) in [7, 11) is 0. The molecule has 0 saturated heterocycles. The number of aryl methyl sites for hydroxylation is 1. The van der Waals surface area contributed by atoms with E-state index in [4.69, 9.17) is 0 Å². The van der Waals surface area contributed by atoms with Crippen LogP contribution in [0.4, 0.5) is 0 Å². The minimum atomic E-state index is -0.698. The third-order valence-electron chi connectivity index (χ3n) is 5.71. The molecule has 0 aromatic heterocycles. The molecule has 0 aliphatic rings. The van der Waals surface area contributed by atoms with Crippen molar-refractivity contribution in [2.75, 3.05) is 0 Å². The molecule has 4 aromatic carbocycles. The Morgan fingerprint density at radius 3 is 1.75 bits per heavy atom. The van der Waals surface area contributed by atoms with Gasteiger partial charge in [0.25, 0.3) is 5.91 Å². The lowest BCUT2D eigenvalue weighted by Gasteiger charge is -2.35. The molecule has 4 aromatic rings. The largest absolute Gasteiger partial charge is 0.338 e. The van der Waals surface area contributed by atoms with Crippen molar-refractivity contribution in [2.45, 2.75) is 18.9 Å². The zero-order valence-corrected chi connectivity index (χ0v) is 18.2. The third-order valence-corrected chi connectivity index (χ3v) is 5.71. The Hall–Kier alpha value is -3.91. The molecule has 0 radical (unpaired) electrons. The van der Waals surface area contributed by atoms with Gasteiger partial charge < -0.3 is 5.32 Å². The topological polar surface area (TPSA) is 29.1 Å². The van der Waals surface area contributed by atoms with Crippen molar-refractivity contribution in [3.63, 3.8) is 0 Å². The van der Waals surface area contributed by atoms with Crippen LogP contribution in [0.5, 0.6) is 0 Å². The highest BCUT2D eigenvalue weighted by molar-refractivity contribution is 5.95. The minimum Gasteiger partial charge on any atom is -0.338 e. The quantitative estimate of drug-likeness (QED) is 0.353. The number of benzene rings is 4. The Labute approximate surface area is 190 Å². The molecular formula is C30H27NO. The van der Waals surface area contributed by atoms with Crippen molar-refractivity contribution in [3.05, 3.63) is 149 Å². The van der Waals surface area contributed by atoms with Gasteiger partial charge >= 0.3 is 0 Å². The van der Waals surface area contributed by atoms with E-state index in [9.17, 15) is 4.79 Å². The molecule has 2 heteroatoms. The zero-order valence-electron chi connectivity index (χ0n) is 18.2. The van der Waals surface area contributed by atoms with Crippen LogP contribution in [0.1, 0.15) is 39.0 Å². The van der Waals surface area contributed by atoms with Gasteiger partial charge in [0.2, 0.25) is 0 Å². The number of nitrogens with one attached hydrogen (secondary N) is 1. The van der Waals surface area contributed by atoms with Crippen molar-refractivity contribution < 1.29 is 4.79 Å². The van der Waals surface area contributed by atoms with Crippen molar-refractivity contribution in [1.82, 2.24) is 5.32 Å². The summed E-state index contributed by atoms with van der Waals surface area (Å²) >= 11 is 0. The lowest BCUT2D eigenvalue weighted by atomic mass is 9.79. The van der Waals surface area contributed by atoms with Gasteiger partial charge in [0, 0.05) is 5.56 Å². The summed E-state index contributed by atoms with van der Waals surface area (Å²) in [6.45, 7) is 2.09. The fourth-order valence-electron chi connectivity index (χ4n) is 3.95. The molecule has 2 nitrogen and oxygen atoms in total. The number of carbonyl (C=O) groups excluding carboxylic acids is 1. The van der Waals surface area contributed by atoms with E-state index in [1.807, 2.05) is 66.7 Å². The second-order valence-electron chi connectivity index (χ2n) is 7.97. The Kier molecular flexibility index (Phi) is 6.62. The van der Waals surface area contributed by atoms with Crippen molar-refractivity contribution in [2.24, 2.45) is 0 Å². The van der Waals surface area contributed by atoms with Crippen molar-refractivity contribution >= 4 is 12.0 Å². The van der Waals surface area contributed by atoms with Crippen LogP contribution >= 0.6 is 0 Å². The Morgan fingerprint density at radius 1 is 0.719 bits per heavy atom. The molecule has 32 heavy (non-hydrogen) atoms. The number of hydrogen-bond donors (Lipinski definition) is 1. The Bertz CT molecular complexity index is 1120. The zero-order chi connectivity index (χ0) is 22.2. The summed E-state index contributed by atoms with van der Waals surface area (Å²) in [5.41, 5.74) is 4.41. The van der Waals surface area contributed by atoms with E-state index in [-0.39, 0.29) is 5.91 Å². The lowest BCUT2D eigenvalue weighted by molar-refractivity contribution is 0.0913. The summed E-state index contributed by atoms with van der Waals surface area (Å²) < 4.78 is 0. The highest BCUT2D eigenvalue weighted by Crippen LogP contribution is 2.34. The van der Waals surface area contributed by atoms with E-state index in [2.05, 4.69) is 72.9 Å². The highest BCUT2D eigenvalue weighted by atomic mass is 16.1. The van der Waals surface area contributed by atoms with Gasteiger partial charge in [-0.05, 0) is 42.2 Å². The normalized spacial score (nSPS) is 11.4. The summed E-state index contributed by atoms with van der Waals surface area (Å²) in [5.74, 6) is -0.0953. The monoisotopic (exact) mass is 417 g/mol. The summed E-state index contributed by atoms with van der Waals surface area (Å²) in [6.07, 6.45) is 4.89. The van der Waals surface area contributed by atoms with Crippen LogP contribution in [0, 0.1) is 6.92 Å². The summed E-state index contributed by atoms with van der Waals surface area (Å²) in [5, 5.41) is 3.38. The van der Waals surface area contributed by atoms with Gasteiger partial charge in [-0.3, -0.25) is 4.79 Å². The van der Waals surface area contributed by atoms with Gasteiger partial charge in [0.05, 0.1) is 5.54 Å². The molecule has 158 valence electrons. The number of amides is 1. The van der Waals surface area contributed by atoms with Gasteiger partial charge in [0.1, 0.15) is 0 Å². The van der Waals surface area contributed by atoms with Crippen LogP contribution in [-0.2, 0) is 5.54 Å². The van der Waals surface area contributed by atoms with Crippen LogP contribution in [0.2, 0.25) is 0 Å². The number of hydrogen-bond acceptors (Lipinski definition) is 1. The molecule has 1 N–H and O–H groups in total. The maximum Gasteiger partial charge on any atom is 0.252 e. The van der Waals surface area contributed by atoms with E-state index in [1.54, 1.807) is 0 Å². The van der Waals surface area contributed by atoms with Gasteiger partial charge in [-0.1, -0.05) is 121 Å². The first-order valence-corrected chi connectivity index (χ1v) is 10.9. The van der Waals surface area contributed by atoms with E-state index >= 15 is 0 Å². The van der Waals surface area contributed by atoms with Gasteiger partial charge in [0.15, 0.2) is 0 Å². The van der Waals surface area contributed by atoms with Crippen LogP contribution in [0.25, 0.3) is 6.08 Å². The van der Waals surface area contributed by atoms with Crippen LogP contribution in [-0.4, -0.2) is 5.91 Å². The third kappa shape index (κ3) is 4.87. The molecule has 0 bridgehead atoms. The fourth-order valence-corrected chi connectivity index (χ4v) is 3.95. The molecule has 0 heterocycles. The molecular weight excluding hydrogens is 390 g/mol. The van der Waals surface area contributed by atoms with Crippen LogP contribution in [0.3, 0.4) is 0 Å². The standard InChI is InChI=1S/C30H27NO/c1-24-19-21-25(22-20-24)12-11-23-30(27-15-7-3-8-16-27,28-17-9-4-10-18-28)31-29(32)26-13-5-2-6-14-26/h2-22H,23H2,1H3,(H,31,32)/b12-11+. The lowest BCUT2D eigenvalue weighted by Crippen LogP contribution is -2.46. The molecule has 0 fully saturated rings.